The van der Waals surface area contributed by atoms with Crippen LogP contribution in [-0.2, 0) is 10.8 Å². The minimum Gasteiger partial charge on any atom is -0.296 e. The van der Waals surface area contributed by atoms with Gasteiger partial charge in [-0.15, -0.1) is 0 Å². The van der Waals surface area contributed by atoms with Crippen molar-refractivity contribution in [1.29, 1.82) is 0 Å². The van der Waals surface area contributed by atoms with Gasteiger partial charge in [0.25, 0.3) is 0 Å². The first-order valence-electron chi connectivity index (χ1n) is 9.72. The topological polar surface area (TPSA) is 17.8 Å². The molecule has 3 aromatic rings. The molecule has 0 spiro atoms. The molecule has 1 aliphatic rings. The molecule has 0 bridgehead atoms. The van der Waals surface area contributed by atoms with Crippen LogP contribution in [0.2, 0.25) is 0 Å². The van der Waals surface area contributed by atoms with E-state index in [0.717, 1.165) is 11.3 Å². The number of aromatic nitrogens is 2. The van der Waals surface area contributed by atoms with E-state index in [1.165, 1.54) is 46.3 Å². The number of rotatable bonds is 1. The maximum Gasteiger partial charge on any atom is 0.111 e. The molecule has 1 aromatic heterocycles. The minimum atomic E-state index is 0.216. The van der Waals surface area contributed by atoms with Crippen LogP contribution in [0.4, 0.5) is 0 Å². The summed E-state index contributed by atoms with van der Waals surface area (Å²) in [5, 5.41) is 0. The quantitative estimate of drug-likeness (QED) is 0.505. The number of hydrogen-bond acceptors (Lipinski definition) is 1. The third-order valence-corrected chi connectivity index (χ3v) is 6.39. The van der Waals surface area contributed by atoms with Crippen molar-refractivity contribution in [3.8, 4) is 5.69 Å². The Kier molecular flexibility index (Phi) is 3.63. The summed E-state index contributed by atoms with van der Waals surface area (Å²) in [6.07, 6.45) is 2.48. The highest BCUT2D eigenvalue weighted by molar-refractivity contribution is 5.79. The van der Waals surface area contributed by atoms with Gasteiger partial charge in [0.05, 0.1) is 16.7 Å². The van der Waals surface area contributed by atoms with Crippen molar-refractivity contribution in [2.45, 2.75) is 72.1 Å². The van der Waals surface area contributed by atoms with Gasteiger partial charge in [-0.2, -0.15) is 0 Å². The molecule has 136 valence electrons. The number of fused-ring (bicyclic) bond motifs is 2. The van der Waals surface area contributed by atoms with Gasteiger partial charge < -0.3 is 0 Å². The maximum atomic E-state index is 4.83. The van der Waals surface area contributed by atoms with Gasteiger partial charge in [-0.1, -0.05) is 39.8 Å². The van der Waals surface area contributed by atoms with Crippen LogP contribution in [0.15, 0.2) is 30.3 Å². The lowest BCUT2D eigenvalue weighted by atomic mass is 9.63. The average molecular weight is 347 g/mol. The lowest BCUT2D eigenvalue weighted by Gasteiger charge is -2.42. The lowest BCUT2D eigenvalue weighted by Crippen LogP contribution is -2.34. The highest BCUT2D eigenvalue weighted by Gasteiger charge is 2.37. The molecule has 0 amide bonds. The highest BCUT2D eigenvalue weighted by Crippen LogP contribution is 2.47. The van der Waals surface area contributed by atoms with Crippen molar-refractivity contribution >= 4 is 11.0 Å². The van der Waals surface area contributed by atoms with E-state index in [-0.39, 0.29) is 10.8 Å². The molecular weight excluding hydrogens is 316 g/mol. The van der Waals surface area contributed by atoms with E-state index in [9.17, 15) is 0 Å². The third kappa shape index (κ3) is 2.50. The molecule has 2 aromatic carbocycles. The lowest BCUT2D eigenvalue weighted by molar-refractivity contribution is 0.331. The monoisotopic (exact) mass is 346 g/mol. The minimum absolute atomic E-state index is 0.216. The van der Waals surface area contributed by atoms with Gasteiger partial charge in [-0.05, 0) is 84.9 Å². The molecule has 2 nitrogen and oxygen atoms in total. The van der Waals surface area contributed by atoms with E-state index in [0.29, 0.717) is 0 Å². The zero-order chi connectivity index (χ0) is 18.9. The van der Waals surface area contributed by atoms with E-state index < -0.39 is 0 Å². The molecule has 0 unspecified atom stereocenters. The van der Waals surface area contributed by atoms with Crippen LogP contribution >= 0.6 is 0 Å². The normalized spacial score (nSPS) is 18.1. The highest BCUT2D eigenvalue weighted by atomic mass is 15.1. The van der Waals surface area contributed by atoms with Crippen molar-refractivity contribution in [2.24, 2.45) is 0 Å². The van der Waals surface area contributed by atoms with Crippen molar-refractivity contribution in [3.63, 3.8) is 0 Å². The summed E-state index contributed by atoms with van der Waals surface area (Å²) in [6, 6.07) is 11.4. The van der Waals surface area contributed by atoms with E-state index in [4.69, 9.17) is 4.98 Å². The number of hydrogen-bond donors (Lipinski definition) is 0. The molecule has 0 N–H and O–H groups in total. The van der Waals surface area contributed by atoms with Gasteiger partial charge in [0.2, 0.25) is 0 Å². The van der Waals surface area contributed by atoms with Gasteiger partial charge >= 0.3 is 0 Å². The van der Waals surface area contributed by atoms with E-state index in [2.05, 4.69) is 83.4 Å². The molecule has 26 heavy (non-hydrogen) atoms. The van der Waals surface area contributed by atoms with Gasteiger partial charge in [-0.3, -0.25) is 4.57 Å². The second kappa shape index (κ2) is 5.45. The van der Waals surface area contributed by atoms with Crippen LogP contribution < -0.4 is 0 Å². The van der Waals surface area contributed by atoms with Crippen molar-refractivity contribution in [1.82, 2.24) is 9.55 Å². The number of aryl methyl sites for hydroxylation is 3. The fourth-order valence-electron chi connectivity index (χ4n) is 4.57. The Morgan fingerprint density at radius 2 is 1.46 bits per heavy atom. The van der Waals surface area contributed by atoms with Crippen molar-refractivity contribution in [3.05, 3.63) is 58.4 Å². The predicted molar refractivity (Wildman–Crippen MR) is 111 cm³/mol. The van der Waals surface area contributed by atoms with Crippen LogP contribution in [0.1, 0.15) is 68.6 Å². The summed E-state index contributed by atoms with van der Waals surface area (Å²) in [5.74, 6) is 1.06. The van der Waals surface area contributed by atoms with Crippen LogP contribution in [0.5, 0.6) is 0 Å². The van der Waals surface area contributed by atoms with Crippen molar-refractivity contribution in [2.75, 3.05) is 0 Å². The van der Waals surface area contributed by atoms with E-state index in [1.54, 1.807) is 0 Å². The smallest absolute Gasteiger partial charge is 0.111 e. The zero-order valence-electron chi connectivity index (χ0n) is 17.2. The van der Waals surface area contributed by atoms with Crippen LogP contribution in [0, 0.1) is 20.8 Å². The number of imidazole rings is 1. The fourth-order valence-corrected chi connectivity index (χ4v) is 4.57. The second-order valence-corrected chi connectivity index (χ2v) is 9.44. The summed E-state index contributed by atoms with van der Waals surface area (Å²) in [5.41, 5.74) is 9.63. The first-order valence-corrected chi connectivity index (χ1v) is 9.72. The molecule has 0 atom stereocenters. The second-order valence-electron chi connectivity index (χ2n) is 9.44. The largest absolute Gasteiger partial charge is 0.296 e. The van der Waals surface area contributed by atoms with Gasteiger partial charge in [-0.25, -0.2) is 4.98 Å². The molecule has 0 fully saturated rings. The van der Waals surface area contributed by atoms with E-state index >= 15 is 0 Å². The standard InChI is InChI=1S/C24H30N2/c1-15-8-9-21-20(12-15)25-17(3)26(21)22-14-19-18(13-16(22)2)23(4,5)10-11-24(19,6)7/h8-9,12-14H,10-11H2,1-7H3. The Bertz CT molecular complexity index is 1020. The van der Waals surface area contributed by atoms with Gasteiger partial charge in [0.15, 0.2) is 0 Å². The first kappa shape index (κ1) is 17.3. The van der Waals surface area contributed by atoms with Crippen LogP contribution in [0.3, 0.4) is 0 Å². The van der Waals surface area contributed by atoms with Crippen LogP contribution in [0.25, 0.3) is 16.7 Å². The number of nitrogens with zero attached hydrogens (tertiary/aromatic N) is 2. The average Bonchev–Trinajstić information content (AvgIpc) is 2.86. The summed E-state index contributed by atoms with van der Waals surface area (Å²) >= 11 is 0. The Labute approximate surface area is 157 Å². The summed E-state index contributed by atoms with van der Waals surface area (Å²) in [7, 11) is 0. The molecular formula is C24H30N2. The number of benzene rings is 2. The molecule has 1 heterocycles. The summed E-state index contributed by atoms with van der Waals surface area (Å²) in [4.78, 5) is 4.83. The summed E-state index contributed by atoms with van der Waals surface area (Å²) < 4.78 is 2.34. The van der Waals surface area contributed by atoms with Gasteiger partial charge in [0.1, 0.15) is 5.82 Å². The Hall–Kier alpha value is -2.09. The Balaban J connectivity index is 2.02. The molecule has 0 radical (unpaired) electrons. The maximum absolute atomic E-state index is 4.83. The zero-order valence-corrected chi connectivity index (χ0v) is 17.2. The molecule has 0 saturated heterocycles. The predicted octanol–water partition coefficient (Wildman–Crippen LogP) is 6.30. The molecule has 2 heteroatoms. The van der Waals surface area contributed by atoms with Crippen molar-refractivity contribution < 1.29 is 0 Å². The third-order valence-electron chi connectivity index (χ3n) is 6.39. The molecule has 4 rings (SSSR count). The molecule has 1 aliphatic carbocycles. The fraction of sp³-hybridized carbons (Fsp3) is 0.458. The Morgan fingerprint density at radius 3 is 2.12 bits per heavy atom. The first-order chi connectivity index (χ1) is 12.1. The summed E-state index contributed by atoms with van der Waals surface area (Å²) in [6.45, 7) is 16.0. The molecule has 0 aliphatic heterocycles. The Morgan fingerprint density at radius 1 is 0.846 bits per heavy atom. The SMILES string of the molecule is Cc1ccc2c(c1)nc(C)n2-c1cc2c(cc1C)C(C)(C)CCC2(C)C. The van der Waals surface area contributed by atoms with Crippen LogP contribution in [-0.4, -0.2) is 9.55 Å². The molecule has 0 saturated carbocycles. The van der Waals surface area contributed by atoms with E-state index in [1.807, 2.05) is 0 Å². The van der Waals surface area contributed by atoms with Gasteiger partial charge in [0, 0.05) is 0 Å².